The van der Waals surface area contributed by atoms with Crippen LogP contribution in [0.25, 0.3) is 0 Å². The summed E-state index contributed by atoms with van der Waals surface area (Å²) in [6.07, 6.45) is 28.3. The molecule has 0 aromatic carbocycles. The molecule has 1 unspecified atom stereocenters. The minimum Gasteiger partial charge on any atom is -0.478 e. The standard InChI is InChI=1S/C32H60O5/c1-3-5-7-9-11-13-15-17-19-21-23-25-29(33)27-32(36)37-30(28-31(34)35)26-24-22-20-18-16-14-12-10-8-6-4-2/h28-29,33H,3-27H2,1-2H3,(H,34,35). The quantitative estimate of drug-likeness (QED) is 0.0460. The summed E-state index contributed by atoms with van der Waals surface area (Å²) in [5, 5.41) is 19.3. The molecule has 0 radical (unpaired) electrons. The average molecular weight is 525 g/mol. The van der Waals surface area contributed by atoms with E-state index >= 15 is 0 Å². The zero-order valence-electron chi connectivity index (χ0n) is 24.5. The Morgan fingerprint density at radius 1 is 0.622 bits per heavy atom. The Hall–Kier alpha value is -1.36. The van der Waals surface area contributed by atoms with Crippen LogP contribution in [0, 0.1) is 0 Å². The molecular formula is C32H60O5. The van der Waals surface area contributed by atoms with Gasteiger partial charge in [-0.15, -0.1) is 0 Å². The lowest BCUT2D eigenvalue weighted by Crippen LogP contribution is -2.16. The van der Waals surface area contributed by atoms with Crippen molar-refractivity contribution in [2.75, 3.05) is 0 Å². The number of aliphatic hydroxyl groups is 1. The summed E-state index contributed by atoms with van der Waals surface area (Å²) in [6.45, 7) is 4.48. The lowest BCUT2D eigenvalue weighted by atomic mass is 10.0. The van der Waals surface area contributed by atoms with Crippen LogP contribution in [0.4, 0.5) is 0 Å². The van der Waals surface area contributed by atoms with Crippen LogP contribution in [-0.2, 0) is 14.3 Å². The van der Waals surface area contributed by atoms with Crippen molar-refractivity contribution in [2.24, 2.45) is 0 Å². The Morgan fingerprint density at radius 3 is 1.41 bits per heavy atom. The number of carbonyl (C=O) groups excluding carboxylic acids is 1. The van der Waals surface area contributed by atoms with Gasteiger partial charge in [-0.05, 0) is 12.8 Å². The lowest BCUT2D eigenvalue weighted by molar-refractivity contribution is -0.142. The fourth-order valence-electron chi connectivity index (χ4n) is 4.78. The lowest BCUT2D eigenvalue weighted by Gasteiger charge is -2.12. The van der Waals surface area contributed by atoms with Gasteiger partial charge in [0.15, 0.2) is 0 Å². The van der Waals surface area contributed by atoms with Gasteiger partial charge in [-0.2, -0.15) is 0 Å². The van der Waals surface area contributed by atoms with Crippen molar-refractivity contribution in [3.05, 3.63) is 11.8 Å². The number of allylic oxidation sites excluding steroid dienone is 1. The summed E-state index contributed by atoms with van der Waals surface area (Å²) in [5.74, 6) is -1.44. The normalized spacial score (nSPS) is 12.6. The monoisotopic (exact) mass is 524 g/mol. The third kappa shape index (κ3) is 27.5. The van der Waals surface area contributed by atoms with Crippen molar-refractivity contribution in [1.29, 1.82) is 0 Å². The van der Waals surface area contributed by atoms with Gasteiger partial charge in [0.25, 0.3) is 0 Å². The number of rotatable bonds is 28. The molecular weight excluding hydrogens is 464 g/mol. The summed E-state index contributed by atoms with van der Waals surface area (Å²) >= 11 is 0. The molecule has 0 saturated carbocycles. The molecule has 1 atom stereocenters. The number of ether oxygens (including phenoxy) is 1. The predicted octanol–water partition coefficient (Wildman–Crippen LogP) is 9.65. The molecule has 0 aliphatic carbocycles. The zero-order chi connectivity index (χ0) is 27.4. The molecule has 0 spiro atoms. The summed E-state index contributed by atoms with van der Waals surface area (Å²) in [4.78, 5) is 23.4. The van der Waals surface area contributed by atoms with Crippen LogP contribution in [0.1, 0.15) is 174 Å². The molecule has 0 fully saturated rings. The fraction of sp³-hybridized carbons (Fsp3) is 0.875. The molecule has 0 aliphatic heterocycles. The average Bonchev–Trinajstić information content (AvgIpc) is 2.85. The summed E-state index contributed by atoms with van der Waals surface area (Å²) < 4.78 is 5.31. The second kappa shape index (κ2) is 27.7. The third-order valence-corrected chi connectivity index (χ3v) is 7.10. The van der Waals surface area contributed by atoms with E-state index in [1.807, 2.05) is 0 Å². The van der Waals surface area contributed by atoms with Crippen molar-refractivity contribution < 1.29 is 24.5 Å². The SMILES string of the molecule is CCCCCCCCCCCCCC(=CC(=O)O)OC(=O)CC(O)CCCCCCCCCCCCC. The van der Waals surface area contributed by atoms with E-state index < -0.39 is 18.0 Å². The molecule has 37 heavy (non-hydrogen) atoms. The molecule has 0 amide bonds. The number of hydrogen-bond donors (Lipinski definition) is 2. The summed E-state index contributed by atoms with van der Waals surface area (Å²) in [7, 11) is 0. The number of aliphatic hydroxyl groups excluding tert-OH is 1. The van der Waals surface area contributed by atoms with Crippen molar-refractivity contribution in [3.63, 3.8) is 0 Å². The Kier molecular flexibility index (Phi) is 26.7. The van der Waals surface area contributed by atoms with Crippen molar-refractivity contribution in [3.8, 4) is 0 Å². The maximum atomic E-state index is 12.2. The molecule has 0 aliphatic rings. The number of carboxylic acids is 1. The van der Waals surface area contributed by atoms with Crippen LogP contribution in [0.15, 0.2) is 11.8 Å². The van der Waals surface area contributed by atoms with Crippen LogP contribution >= 0.6 is 0 Å². The number of aliphatic carboxylic acids is 1. The summed E-state index contributed by atoms with van der Waals surface area (Å²) in [5.41, 5.74) is 0. The first-order chi connectivity index (χ1) is 18.0. The molecule has 218 valence electrons. The topological polar surface area (TPSA) is 83.8 Å². The predicted molar refractivity (Wildman–Crippen MR) is 155 cm³/mol. The Bertz CT molecular complexity index is 557. The van der Waals surface area contributed by atoms with Crippen LogP contribution in [0.2, 0.25) is 0 Å². The number of hydrogen-bond acceptors (Lipinski definition) is 4. The maximum absolute atomic E-state index is 12.2. The van der Waals surface area contributed by atoms with E-state index in [4.69, 9.17) is 9.84 Å². The second-order valence-electron chi connectivity index (χ2n) is 10.9. The molecule has 0 saturated heterocycles. The van der Waals surface area contributed by atoms with Crippen molar-refractivity contribution in [2.45, 2.75) is 180 Å². The van der Waals surface area contributed by atoms with Crippen LogP contribution < -0.4 is 0 Å². The number of carbonyl (C=O) groups is 2. The van der Waals surface area contributed by atoms with E-state index in [1.54, 1.807) is 0 Å². The van der Waals surface area contributed by atoms with E-state index in [9.17, 15) is 14.7 Å². The molecule has 2 N–H and O–H groups in total. The smallest absolute Gasteiger partial charge is 0.331 e. The van der Waals surface area contributed by atoms with E-state index in [-0.39, 0.29) is 12.2 Å². The molecule has 0 bridgehead atoms. The molecule has 5 heteroatoms. The fourth-order valence-corrected chi connectivity index (χ4v) is 4.78. The molecule has 5 nitrogen and oxygen atoms in total. The first-order valence-corrected chi connectivity index (χ1v) is 15.8. The number of esters is 1. The minimum absolute atomic E-state index is 0.0764. The van der Waals surface area contributed by atoms with Gasteiger partial charge in [0, 0.05) is 6.42 Å². The van der Waals surface area contributed by atoms with Crippen LogP contribution in [0.5, 0.6) is 0 Å². The van der Waals surface area contributed by atoms with E-state index in [0.29, 0.717) is 12.8 Å². The second-order valence-corrected chi connectivity index (χ2v) is 10.9. The molecule has 0 aromatic heterocycles. The zero-order valence-corrected chi connectivity index (χ0v) is 24.5. The number of carboxylic acid groups (broad SMARTS) is 1. The highest BCUT2D eigenvalue weighted by Crippen LogP contribution is 2.17. The number of unbranched alkanes of at least 4 members (excludes halogenated alkanes) is 20. The van der Waals surface area contributed by atoms with Gasteiger partial charge in [-0.1, -0.05) is 149 Å². The van der Waals surface area contributed by atoms with Crippen molar-refractivity contribution in [1.82, 2.24) is 0 Å². The molecule has 0 heterocycles. The van der Waals surface area contributed by atoms with Crippen molar-refractivity contribution >= 4 is 11.9 Å². The highest BCUT2D eigenvalue weighted by molar-refractivity contribution is 5.81. The molecule has 0 aromatic rings. The Balaban J connectivity index is 3.86. The first-order valence-electron chi connectivity index (χ1n) is 15.8. The van der Waals surface area contributed by atoms with E-state index in [0.717, 1.165) is 38.2 Å². The first kappa shape index (κ1) is 35.6. The van der Waals surface area contributed by atoms with E-state index in [1.165, 1.54) is 109 Å². The van der Waals surface area contributed by atoms with E-state index in [2.05, 4.69) is 13.8 Å². The van der Waals surface area contributed by atoms with Gasteiger partial charge < -0.3 is 14.9 Å². The van der Waals surface area contributed by atoms with Gasteiger partial charge in [0.05, 0.1) is 18.6 Å². The maximum Gasteiger partial charge on any atom is 0.331 e. The van der Waals surface area contributed by atoms with Gasteiger partial charge in [-0.3, -0.25) is 4.79 Å². The minimum atomic E-state index is -1.10. The Morgan fingerprint density at radius 2 is 1.00 bits per heavy atom. The largest absolute Gasteiger partial charge is 0.478 e. The van der Waals surface area contributed by atoms with Gasteiger partial charge in [0.1, 0.15) is 5.76 Å². The highest BCUT2D eigenvalue weighted by atomic mass is 16.5. The summed E-state index contributed by atoms with van der Waals surface area (Å²) in [6, 6.07) is 0. The van der Waals surface area contributed by atoms with Gasteiger partial charge in [-0.25, -0.2) is 4.79 Å². The Labute approximate surface area is 228 Å². The molecule has 0 rings (SSSR count). The van der Waals surface area contributed by atoms with Crippen LogP contribution in [-0.4, -0.2) is 28.3 Å². The van der Waals surface area contributed by atoms with Gasteiger partial charge >= 0.3 is 11.9 Å². The third-order valence-electron chi connectivity index (χ3n) is 7.10. The van der Waals surface area contributed by atoms with Gasteiger partial charge in [0.2, 0.25) is 0 Å². The highest BCUT2D eigenvalue weighted by Gasteiger charge is 2.15. The van der Waals surface area contributed by atoms with Crippen LogP contribution in [0.3, 0.4) is 0 Å².